The van der Waals surface area contributed by atoms with Gasteiger partial charge < -0.3 is 5.73 Å². The number of imide groups is 1. The van der Waals surface area contributed by atoms with Gasteiger partial charge in [-0.05, 0) is 25.7 Å². The minimum absolute atomic E-state index is 0.0198. The van der Waals surface area contributed by atoms with Gasteiger partial charge >= 0.3 is 0 Å². The number of thiocarbonyl (C=S) groups is 1. The van der Waals surface area contributed by atoms with Crippen molar-refractivity contribution in [2.75, 3.05) is 0 Å². The van der Waals surface area contributed by atoms with Crippen LogP contribution in [-0.4, -0.2) is 27.7 Å². The van der Waals surface area contributed by atoms with Crippen molar-refractivity contribution in [1.29, 1.82) is 0 Å². The van der Waals surface area contributed by atoms with Crippen LogP contribution in [0.3, 0.4) is 0 Å². The molecular formula is C12H18N2O2S. The van der Waals surface area contributed by atoms with Crippen LogP contribution in [0.5, 0.6) is 0 Å². The Balaban J connectivity index is 2.25. The third-order valence-electron chi connectivity index (χ3n) is 3.81. The summed E-state index contributed by atoms with van der Waals surface area (Å²) in [5, 5.41) is 0. The lowest BCUT2D eigenvalue weighted by Gasteiger charge is -2.35. The molecule has 0 spiro atoms. The molecule has 0 aromatic heterocycles. The molecule has 1 heterocycles. The molecule has 3 unspecified atom stereocenters. The van der Waals surface area contributed by atoms with Gasteiger partial charge in [0.2, 0.25) is 11.8 Å². The zero-order chi connectivity index (χ0) is 12.6. The van der Waals surface area contributed by atoms with Crippen LogP contribution in [0, 0.1) is 11.8 Å². The second-order valence-corrected chi connectivity index (χ2v) is 5.43. The smallest absolute Gasteiger partial charge is 0.232 e. The highest BCUT2D eigenvalue weighted by Gasteiger charge is 2.47. The molecule has 1 aliphatic heterocycles. The molecular weight excluding hydrogens is 236 g/mol. The lowest BCUT2D eigenvalue weighted by atomic mass is 9.94. The molecule has 2 fully saturated rings. The molecule has 2 amide bonds. The van der Waals surface area contributed by atoms with Crippen LogP contribution < -0.4 is 5.73 Å². The average molecular weight is 254 g/mol. The van der Waals surface area contributed by atoms with Crippen LogP contribution in [0.1, 0.15) is 39.0 Å². The zero-order valence-electron chi connectivity index (χ0n) is 10.0. The van der Waals surface area contributed by atoms with Gasteiger partial charge in [-0.1, -0.05) is 25.6 Å². The van der Waals surface area contributed by atoms with E-state index in [2.05, 4.69) is 0 Å². The van der Waals surface area contributed by atoms with E-state index in [1.54, 1.807) is 0 Å². The number of hydrogen-bond donors (Lipinski definition) is 1. The van der Waals surface area contributed by atoms with Gasteiger partial charge in [0.1, 0.15) is 0 Å². The number of hydrogen-bond acceptors (Lipinski definition) is 3. The van der Waals surface area contributed by atoms with Crippen molar-refractivity contribution >= 4 is 29.0 Å². The topological polar surface area (TPSA) is 63.4 Å². The van der Waals surface area contributed by atoms with Gasteiger partial charge in [0.15, 0.2) is 0 Å². The van der Waals surface area contributed by atoms with Gasteiger partial charge in [-0.25, -0.2) is 0 Å². The fourth-order valence-corrected chi connectivity index (χ4v) is 3.13. The van der Waals surface area contributed by atoms with Crippen molar-refractivity contribution in [3.05, 3.63) is 0 Å². The number of likely N-dealkylation sites (tertiary alicyclic amines) is 1. The minimum Gasteiger partial charge on any atom is -0.392 e. The minimum atomic E-state index is -0.376. The maximum absolute atomic E-state index is 12.2. The zero-order valence-corrected chi connectivity index (χ0v) is 10.8. The lowest BCUT2D eigenvalue weighted by molar-refractivity contribution is -0.154. The molecule has 1 saturated heterocycles. The molecule has 94 valence electrons. The summed E-state index contributed by atoms with van der Waals surface area (Å²) in [6.45, 7) is 2.00. The highest BCUT2D eigenvalue weighted by atomic mass is 32.1. The summed E-state index contributed by atoms with van der Waals surface area (Å²) in [7, 11) is 0. The van der Waals surface area contributed by atoms with Crippen molar-refractivity contribution in [2.24, 2.45) is 17.6 Å². The van der Waals surface area contributed by atoms with Crippen LogP contribution in [0.4, 0.5) is 0 Å². The number of carbonyl (C=O) groups excluding carboxylic acids is 2. The summed E-state index contributed by atoms with van der Waals surface area (Å²) < 4.78 is 0. The molecule has 0 aromatic carbocycles. The summed E-state index contributed by atoms with van der Waals surface area (Å²) in [5.41, 5.74) is 5.67. The van der Waals surface area contributed by atoms with E-state index < -0.39 is 0 Å². The van der Waals surface area contributed by atoms with Crippen molar-refractivity contribution < 1.29 is 9.59 Å². The number of rotatable bonds is 4. The third kappa shape index (κ3) is 2.08. The van der Waals surface area contributed by atoms with E-state index in [0.29, 0.717) is 6.42 Å². The highest BCUT2D eigenvalue weighted by molar-refractivity contribution is 7.80. The predicted molar refractivity (Wildman–Crippen MR) is 68.2 cm³/mol. The van der Waals surface area contributed by atoms with E-state index in [1.807, 2.05) is 6.92 Å². The molecule has 5 heteroatoms. The number of nitrogens with two attached hydrogens (primary N) is 1. The predicted octanol–water partition coefficient (Wildman–Crippen LogP) is 1.23. The van der Waals surface area contributed by atoms with E-state index in [1.165, 1.54) is 4.90 Å². The van der Waals surface area contributed by atoms with Gasteiger partial charge in [0.25, 0.3) is 0 Å². The molecule has 3 atom stereocenters. The number of fused-ring (bicyclic) bond motifs is 2. The monoisotopic (exact) mass is 254 g/mol. The van der Waals surface area contributed by atoms with Gasteiger partial charge in [-0.15, -0.1) is 0 Å². The normalized spacial score (nSPS) is 29.6. The van der Waals surface area contributed by atoms with Crippen LogP contribution in [0.25, 0.3) is 0 Å². The fourth-order valence-electron chi connectivity index (χ4n) is 2.91. The number of carbonyl (C=O) groups is 2. The first-order valence-electron chi connectivity index (χ1n) is 6.22. The van der Waals surface area contributed by atoms with E-state index >= 15 is 0 Å². The Hall–Kier alpha value is -0.970. The Bertz CT molecular complexity index is 348. The molecule has 2 N–H and O–H groups in total. The van der Waals surface area contributed by atoms with Crippen molar-refractivity contribution in [1.82, 2.24) is 4.90 Å². The quantitative estimate of drug-likeness (QED) is 0.605. The van der Waals surface area contributed by atoms with Crippen molar-refractivity contribution in [2.45, 2.75) is 45.1 Å². The lowest BCUT2D eigenvalue weighted by Crippen LogP contribution is -2.55. The van der Waals surface area contributed by atoms with Crippen LogP contribution in [0.15, 0.2) is 0 Å². The first-order valence-corrected chi connectivity index (χ1v) is 6.63. The first kappa shape index (κ1) is 12.5. The van der Waals surface area contributed by atoms with Gasteiger partial charge in [-0.3, -0.25) is 14.5 Å². The highest BCUT2D eigenvalue weighted by Crippen LogP contribution is 2.39. The molecule has 1 saturated carbocycles. The van der Waals surface area contributed by atoms with E-state index in [9.17, 15) is 9.59 Å². The third-order valence-corrected chi connectivity index (χ3v) is 4.08. The van der Waals surface area contributed by atoms with Crippen molar-refractivity contribution in [3.8, 4) is 0 Å². The average Bonchev–Trinajstić information content (AvgIpc) is 2.72. The second kappa shape index (κ2) is 4.72. The Morgan fingerprint density at radius 1 is 1.41 bits per heavy atom. The van der Waals surface area contributed by atoms with E-state index in [-0.39, 0.29) is 34.7 Å². The van der Waals surface area contributed by atoms with Crippen LogP contribution in [0.2, 0.25) is 0 Å². The Labute approximate surface area is 107 Å². The van der Waals surface area contributed by atoms with E-state index in [0.717, 1.165) is 25.7 Å². The Morgan fingerprint density at radius 3 is 2.35 bits per heavy atom. The second-order valence-electron chi connectivity index (χ2n) is 4.96. The molecule has 0 aromatic rings. The molecule has 2 bridgehead atoms. The fraction of sp³-hybridized carbons (Fsp3) is 0.750. The summed E-state index contributed by atoms with van der Waals surface area (Å²) in [5.74, 6) is -0.0807. The molecule has 4 nitrogen and oxygen atoms in total. The molecule has 1 aliphatic carbocycles. The first-order chi connectivity index (χ1) is 8.06. The Kier molecular flexibility index (Phi) is 3.47. The number of piperidine rings is 1. The number of amides is 2. The van der Waals surface area contributed by atoms with Gasteiger partial charge in [0, 0.05) is 11.8 Å². The number of nitrogens with zero attached hydrogens (tertiary/aromatic N) is 1. The van der Waals surface area contributed by atoms with Crippen molar-refractivity contribution in [3.63, 3.8) is 0 Å². The summed E-state index contributed by atoms with van der Waals surface area (Å²) >= 11 is 5.00. The molecule has 0 radical (unpaired) electrons. The SMILES string of the molecule is CCCC(C(N)=S)N1C(=O)C2CCC(C2)C1=O. The largest absolute Gasteiger partial charge is 0.392 e. The standard InChI is InChI=1S/C12H18N2O2S/c1-2-3-9(10(13)17)14-11(15)7-4-5-8(6-7)12(14)16/h7-9H,2-6H2,1H3,(H2,13,17). The van der Waals surface area contributed by atoms with Gasteiger partial charge in [-0.2, -0.15) is 0 Å². The summed E-state index contributed by atoms with van der Waals surface area (Å²) in [4.78, 5) is 26.0. The molecule has 2 rings (SSSR count). The molecule has 2 aliphatic rings. The van der Waals surface area contributed by atoms with Crippen LogP contribution >= 0.6 is 12.2 Å². The summed E-state index contributed by atoms with van der Waals surface area (Å²) in [6.07, 6.45) is 3.93. The van der Waals surface area contributed by atoms with Gasteiger partial charge in [0.05, 0.1) is 11.0 Å². The molecule has 17 heavy (non-hydrogen) atoms. The van der Waals surface area contributed by atoms with E-state index in [4.69, 9.17) is 18.0 Å². The maximum atomic E-state index is 12.2. The Morgan fingerprint density at radius 2 is 1.94 bits per heavy atom. The van der Waals surface area contributed by atoms with Crippen LogP contribution in [-0.2, 0) is 9.59 Å². The summed E-state index contributed by atoms with van der Waals surface area (Å²) in [6, 6.07) is -0.376. The maximum Gasteiger partial charge on any atom is 0.232 e.